The summed E-state index contributed by atoms with van der Waals surface area (Å²) >= 11 is 1.56. The molecule has 0 bridgehead atoms. The van der Waals surface area contributed by atoms with Gasteiger partial charge in [0.2, 0.25) is 10.0 Å². The Hall–Kier alpha value is -2.30. The molecule has 2 aromatic rings. The second-order valence-electron chi connectivity index (χ2n) is 5.50. The third-order valence-electron chi connectivity index (χ3n) is 3.74. The van der Waals surface area contributed by atoms with E-state index in [2.05, 4.69) is 0 Å². The smallest absolute Gasteiger partial charge is 0.270 e. The molecule has 0 saturated heterocycles. The summed E-state index contributed by atoms with van der Waals surface area (Å²) in [4.78, 5) is 12.6. The number of benzene rings is 2. The summed E-state index contributed by atoms with van der Waals surface area (Å²) in [5.41, 5.74) is 0.837. The number of methoxy groups -OCH3 is 1. The second-order valence-corrected chi connectivity index (χ2v) is 7.88. The number of thioether (sulfide) groups is 1. The van der Waals surface area contributed by atoms with Gasteiger partial charge in [-0.2, -0.15) is 0 Å². The standard InChI is InChI=1S/C16H19N3O5S2/c1-18(10-11-4-7-15(25-3)14(8-11)24-2)13-6-5-12(19(20)21)9-16(13)26(17,22)23/h4-9H,10H2,1-3H3,(H2,17,22,23). The molecule has 2 aromatic carbocycles. The van der Waals surface area contributed by atoms with Crippen LogP contribution in [-0.2, 0) is 16.6 Å². The number of nitro benzene ring substituents is 1. The van der Waals surface area contributed by atoms with Crippen LogP contribution < -0.4 is 14.8 Å². The summed E-state index contributed by atoms with van der Waals surface area (Å²) in [7, 11) is -0.858. The number of sulfonamides is 1. The highest BCUT2D eigenvalue weighted by molar-refractivity contribution is 7.98. The summed E-state index contributed by atoms with van der Waals surface area (Å²) in [6.45, 7) is 0.366. The summed E-state index contributed by atoms with van der Waals surface area (Å²) in [5, 5.41) is 16.2. The zero-order valence-electron chi connectivity index (χ0n) is 14.5. The Morgan fingerprint density at radius 3 is 2.50 bits per heavy atom. The highest BCUT2D eigenvalue weighted by Crippen LogP contribution is 2.31. The van der Waals surface area contributed by atoms with Crippen LogP contribution in [0.2, 0.25) is 0 Å². The van der Waals surface area contributed by atoms with E-state index in [1.165, 1.54) is 12.1 Å². The van der Waals surface area contributed by atoms with Crippen LogP contribution >= 0.6 is 11.8 Å². The van der Waals surface area contributed by atoms with Crippen LogP contribution in [0.5, 0.6) is 5.75 Å². The van der Waals surface area contributed by atoms with Gasteiger partial charge in [-0.3, -0.25) is 10.1 Å². The Morgan fingerprint density at radius 1 is 1.27 bits per heavy atom. The van der Waals surface area contributed by atoms with Gasteiger partial charge in [-0.15, -0.1) is 11.8 Å². The minimum absolute atomic E-state index is 0.283. The largest absolute Gasteiger partial charge is 0.496 e. The molecule has 10 heteroatoms. The van der Waals surface area contributed by atoms with Gasteiger partial charge in [-0.1, -0.05) is 6.07 Å². The summed E-state index contributed by atoms with van der Waals surface area (Å²) in [6.07, 6.45) is 1.94. The average molecular weight is 397 g/mol. The molecule has 2 rings (SSSR count). The number of hydrogen-bond acceptors (Lipinski definition) is 7. The molecule has 0 radical (unpaired) electrons. The average Bonchev–Trinajstić information content (AvgIpc) is 2.60. The minimum Gasteiger partial charge on any atom is -0.496 e. The molecule has 8 nitrogen and oxygen atoms in total. The molecule has 0 aliphatic carbocycles. The molecular formula is C16H19N3O5S2. The van der Waals surface area contributed by atoms with Crippen molar-refractivity contribution in [2.24, 2.45) is 5.14 Å². The van der Waals surface area contributed by atoms with Crippen LogP contribution in [0.3, 0.4) is 0 Å². The predicted molar refractivity (Wildman–Crippen MR) is 101 cm³/mol. The fraction of sp³-hybridized carbons (Fsp3) is 0.250. The highest BCUT2D eigenvalue weighted by atomic mass is 32.2. The maximum Gasteiger partial charge on any atom is 0.270 e. The molecule has 0 atom stereocenters. The van der Waals surface area contributed by atoms with Gasteiger partial charge in [0.05, 0.1) is 17.7 Å². The maximum absolute atomic E-state index is 11.9. The van der Waals surface area contributed by atoms with Crippen LogP contribution in [0, 0.1) is 10.1 Å². The Morgan fingerprint density at radius 2 is 1.96 bits per heavy atom. The zero-order chi connectivity index (χ0) is 19.5. The number of nitrogens with zero attached hydrogens (tertiary/aromatic N) is 2. The van der Waals surface area contributed by atoms with Crippen LogP contribution in [0.25, 0.3) is 0 Å². The first-order chi connectivity index (χ1) is 12.2. The lowest BCUT2D eigenvalue weighted by atomic mass is 10.2. The first kappa shape index (κ1) is 20.0. The third-order valence-corrected chi connectivity index (χ3v) is 5.46. The van der Waals surface area contributed by atoms with E-state index in [0.717, 1.165) is 22.3 Å². The quantitative estimate of drug-likeness (QED) is 0.434. The van der Waals surface area contributed by atoms with Crippen molar-refractivity contribution < 1.29 is 18.1 Å². The summed E-state index contributed by atoms with van der Waals surface area (Å²) in [6, 6.07) is 9.29. The van der Waals surface area contributed by atoms with Gasteiger partial charge < -0.3 is 9.64 Å². The first-order valence-corrected chi connectivity index (χ1v) is 10.2. The lowest BCUT2D eigenvalue weighted by Gasteiger charge is -2.22. The van der Waals surface area contributed by atoms with E-state index in [1.807, 2.05) is 24.5 Å². The molecule has 0 unspecified atom stereocenters. The van der Waals surface area contributed by atoms with Crippen LogP contribution in [0.15, 0.2) is 46.2 Å². The highest BCUT2D eigenvalue weighted by Gasteiger charge is 2.21. The fourth-order valence-electron chi connectivity index (χ4n) is 2.50. The number of nitro groups is 1. The summed E-state index contributed by atoms with van der Waals surface area (Å²) < 4.78 is 29.1. The topological polar surface area (TPSA) is 116 Å². The first-order valence-electron chi connectivity index (χ1n) is 7.40. The molecule has 0 amide bonds. The zero-order valence-corrected chi connectivity index (χ0v) is 16.1. The van der Waals surface area contributed by atoms with Crippen LogP contribution in [0.4, 0.5) is 11.4 Å². The van der Waals surface area contributed by atoms with Crippen LogP contribution in [-0.4, -0.2) is 33.8 Å². The van der Waals surface area contributed by atoms with Gasteiger partial charge >= 0.3 is 0 Å². The van der Waals surface area contributed by atoms with Gasteiger partial charge in [0.15, 0.2) is 0 Å². The Kier molecular flexibility index (Phi) is 6.11. The fourth-order valence-corrected chi connectivity index (χ4v) is 3.85. The van der Waals surface area contributed by atoms with Crippen molar-refractivity contribution in [1.82, 2.24) is 0 Å². The second kappa shape index (κ2) is 7.94. The van der Waals surface area contributed by atoms with Crippen molar-refractivity contribution in [2.45, 2.75) is 16.3 Å². The molecule has 0 fully saturated rings. The Balaban J connectivity index is 2.41. The molecule has 26 heavy (non-hydrogen) atoms. The normalized spacial score (nSPS) is 11.2. The number of hydrogen-bond donors (Lipinski definition) is 1. The molecule has 140 valence electrons. The van der Waals surface area contributed by atoms with Crippen molar-refractivity contribution in [3.05, 3.63) is 52.1 Å². The SMILES string of the molecule is COc1cc(CN(C)c2ccc([N+](=O)[O-])cc2S(N)(=O)=O)ccc1SC. The van der Waals surface area contributed by atoms with E-state index < -0.39 is 14.9 Å². The van der Waals surface area contributed by atoms with Crippen LogP contribution in [0.1, 0.15) is 5.56 Å². The van der Waals surface area contributed by atoms with E-state index in [1.54, 1.807) is 30.8 Å². The summed E-state index contributed by atoms with van der Waals surface area (Å²) in [5.74, 6) is 0.721. The lowest BCUT2D eigenvalue weighted by molar-refractivity contribution is -0.385. The number of anilines is 1. The number of nitrogens with two attached hydrogens (primary N) is 1. The van der Waals surface area contributed by atoms with Crippen molar-refractivity contribution in [3.8, 4) is 5.75 Å². The number of non-ortho nitro benzene ring substituents is 1. The number of ether oxygens (including phenoxy) is 1. The molecule has 0 aliphatic rings. The molecule has 0 aromatic heterocycles. The molecule has 0 spiro atoms. The predicted octanol–water partition coefficient (Wildman–Crippen LogP) is 2.61. The van der Waals surface area contributed by atoms with E-state index in [0.29, 0.717) is 6.54 Å². The van der Waals surface area contributed by atoms with Gasteiger partial charge in [0.1, 0.15) is 10.6 Å². The van der Waals surface area contributed by atoms with E-state index in [9.17, 15) is 18.5 Å². The molecule has 2 N–H and O–H groups in total. The lowest BCUT2D eigenvalue weighted by Crippen LogP contribution is -2.22. The van der Waals surface area contributed by atoms with E-state index in [-0.39, 0.29) is 16.3 Å². The number of rotatable bonds is 7. The van der Waals surface area contributed by atoms with E-state index in [4.69, 9.17) is 9.88 Å². The van der Waals surface area contributed by atoms with Crippen molar-refractivity contribution in [3.63, 3.8) is 0 Å². The minimum atomic E-state index is -4.12. The van der Waals surface area contributed by atoms with Gasteiger partial charge in [0.25, 0.3) is 5.69 Å². The Bertz CT molecular complexity index is 931. The monoisotopic (exact) mass is 397 g/mol. The Labute approximate surface area is 156 Å². The van der Waals surface area contributed by atoms with Crippen molar-refractivity contribution in [1.29, 1.82) is 0 Å². The van der Waals surface area contributed by atoms with E-state index >= 15 is 0 Å². The van der Waals surface area contributed by atoms with Crippen molar-refractivity contribution in [2.75, 3.05) is 25.3 Å². The molecule has 0 heterocycles. The molecule has 0 saturated carbocycles. The number of primary sulfonamides is 1. The molecule has 0 aliphatic heterocycles. The molecular weight excluding hydrogens is 378 g/mol. The van der Waals surface area contributed by atoms with Gasteiger partial charge in [-0.25, -0.2) is 13.6 Å². The third kappa shape index (κ3) is 4.45. The maximum atomic E-state index is 11.9. The van der Waals surface area contributed by atoms with Gasteiger partial charge in [-0.05, 0) is 30.0 Å². The van der Waals surface area contributed by atoms with Gasteiger partial charge in [0, 0.05) is 30.6 Å². The van der Waals surface area contributed by atoms with Crippen molar-refractivity contribution >= 4 is 33.2 Å².